The Morgan fingerprint density at radius 2 is 1.39 bits per heavy atom. The molecule has 178 valence electrons. The van der Waals surface area contributed by atoms with Crippen LogP contribution < -0.4 is 21.7 Å². The van der Waals surface area contributed by atoms with Gasteiger partial charge < -0.3 is 37.0 Å². The van der Waals surface area contributed by atoms with E-state index in [1.807, 2.05) is 13.8 Å². The number of aliphatic hydroxyl groups excluding tert-OH is 1. The number of carboxylic acids is 2. The van der Waals surface area contributed by atoms with Gasteiger partial charge in [-0.05, 0) is 24.7 Å². The lowest BCUT2D eigenvalue weighted by atomic mass is 9.99. The molecule has 0 aliphatic rings. The Bertz CT molecular complexity index is 653. The molecule has 0 aliphatic carbocycles. The zero-order chi connectivity index (χ0) is 24.3. The highest BCUT2D eigenvalue weighted by Crippen LogP contribution is 2.09. The second-order valence-corrected chi connectivity index (χ2v) is 8.04. The average molecular weight is 447 g/mol. The molecule has 0 heterocycles. The third kappa shape index (κ3) is 10.7. The van der Waals surface area contributed by atoms with Crippen LogP contribution in [0.3, 0.4) is 0 Å². The molecular weight excluding hydrogens is 412 g/mol. The van der Waals surface area contributed by atoms with E-state index in [4.69, 9.17) is 21.1 Å². The minimum atomic E-state index is -1.52. The number of carboxylic acid groups (broad SMARTS) is 2. The lowest BCUT2D eigenvalue weighted by Crippen LogP contribution is -2.59. The lowest BCUT2D eigenvalue weighted by Gasteiger charge is -2.27. The van der Waals surface area contributed by atoms with Gasteiger partial charge in [0.15, 0.2) is 0 Å². The fourth-order valence-corrected chi connectivity index (χ4v) is 2.63. The largest absolute Gasteiger partial charge is 0.481 e. The minimum Gasteiger partial charge on any atom is -0.481 e. The number of rotatable bonds is 14. The van der Waals surface area contributed by atoms with E-state index in [0.717, 1.165) is 0 Å². The van der Waals surface area contributed by atoms with E-state index in [1.165, 1.54) is 0 Å². The van der Waals surface area contributed by atoms with Gasteiger partial charge >= 0.3 is 11.9 Å². The summed E-state index contributed by atoms with van der Waals surface area (Å²) in [4.78, 5) is 59.2. The van der Waals surface area contributed by atoms with E-state index in [-0.39, 0.29) is 25.2 Å². The summed E-state index contributed by atoms with van der Waals surface area (Å²) in [5.74, 6) is -5.12. The average Bonchev–Trinajstić information content (AvgIpc) is 2.66. The predicted octanol–water partition coefficient (Wildman–Crippen LogP) is -1.59. The summed E-state index contributed by atoms with van der Waals surface area (Å²) >= 11 is 0. The van der Waals surface area contributed by atoms with Crippen molar-refractivity contribution in [3.8, 4) is 0 Å². The molecule has 0 bridgehead atoms. The zero-order valence-corrected chi connectivity index (χ0v) is 18.3. The van der Waals surface area contributed by atoms with Crippen LogP contribution >= 0.6 is 0 Å². The number of hydrogen-bond acceptors (Lipinski definition) is 7. The number of carbonyl (C=O) groups excluding carboxylic acids is 3. The first-order valence-electron chi connectivity index (χ1n) is 10.0. The molecule has 0 aromatic carbocycles. The standard InChI is InChI=1S/C19H34N4O8/c1-9(2)7-12(21-16(27)11(20)5-6-14(25)26)17(28)23-15(10(3)4)18(29)22-13(8-24)19(30)31/h9-13,15,24H,5-8,20H2,1-4H3,(H,21,27)(H,22,29)(H,23,28)(H,25,26)(H,30,31). The second kappa shape index (κ2) is 13.5. The van der Waals surface area contributed by atoms with Crippen molar-refractivity contribution in [3.05, 3.63) is 0 Å². The van der Waals surface area contributed by atoms with Gasteiger partial charge in [-0.15, -0.1) is 0 Å². The minimum absolute atomic E-state index is 0.0107. The molecule has 0 rings (SSSR count). The summed E-state index contributed by atoms with van der Waals surface area (Å²) in [5, 5.41) is 33.9. The van der Waals surface area contributed by atoms with Gasteiger partial charge in [0.2, 0.25) is 17.7 Å². The first-order valence-corrected chi connectivity index (χ1v) is 10.0. The maximum atomic E-state index is 12.8. The first-order chi connectivity index (χ1) is 14.3. The highest BCUT2D eigenvalue weighted by Gasteiger charge is 2.32. The zero-order valence-electron chi connectivity index (χ0n) is 18.3. The Labute approximate surface area is 180 Å². The lowest BCUT2D eigenvalue weighted by molar-refractivity contribution is -0.143. The monoisotopic (exact) mass is 446 g/mol. The molecule has 0 aromatic rings. The van der Waals surface area contributed by atoms with Crippen LogP contribution in [0, 0.1) is 11.8 Å². The number of amides is 3. The Balaban J connectivity index is 5.31. The maximum absolute atomic E-state index is 12.8. The van der Waals surface area contributed by atoms with Crippen molar-refractivity contribution in [1.29, 1.82) is 0 Å². The smallest absolute Gasteiger partial charge is 0.328 e. The van der Waals surface area contributed by atoms with Gasteiger partial charge in [0, 0.05) is 6.42 Å². The van der Waals surface area contributed by atoms with Crippen LogP contribution in [-0.4, -0.2) is 75.8 Å². The van der Waals surface area contributed by atoms with Gasteiger partial charge in [0.25, 0.3) is 0 Å². The Morgan fingerprint density at radius 3 is 1.81 bits per heavy atom. The molecule has 0 aromatic heterocycles. The van der Waals surface area contributed by atoms with Gasteiger partial charge in [-0.3, -0.25) is 19.2 Å². The van der Waals surface area contributed by atoms with Gasteiger partial charge in [-0.2, -0.15) is 0 Å². The Morgan fingerprint density at radius 1 is 0.839 bits per heavy atom. The van der Waals surface area contributed by atoms with Crippen molar-refractivity contribution in [2.24, 2.45) is 17.6 Å². The van der Waals surface area contributed by atoms with E-state index in [0.29, 0.717) is 0 Å². The number of nitrogens with two attached hydrogens (primary N) is 1. The summed E-state index contributed by atoms with van der Waals surface area (Å²) in [7, 11) is 0. The van der Waals surface area contributed by atoms with Crippen LogP contribution in [0.5, 0.6) is 0 Å². The maximum Gasteiger partial charge on any atom is 0.328 e. The van der Waals surface area contributed by atoms with Crippen LogP contribution in [0.2, 0.25) is 0 Å². The summed E-state index contributed by atoms with van der Waals surface area (Å²) in [5.41, 5.74) is 5.69. The van der Waals surface area contributed by atoms with Gasteiger partial charge in [0.05, 0.1) is 12.6 Å². The molecule has 4 unspecified atom stereocenters. The van der Waals surface area contributed by atoms with Crippen molar-refractivity contribution in [2.45, 2.75) is 71.1 Å². The predicted molar refractivity (Wildman–Crippen MR) is 110 cm³/mol. The van der Waals surface area contributed by atoms with E-state index < -0.39 is 66.4 Å². The molecule has 0 spiro atoms. The molecule has 12 nitrogen and oxygen atoms in total. The number of hydrogen-bond donors (Lipinski definition) is 7. The van der Waals surface area contributed by atoms with Gasteiger partial charge in [-0.25, -0.2) is 4.79 Å². The summed E-state index contributed by atoms with van der Waals surface area (Å²) in [6, 6.07) is -4.80. The van der Waals surface area contributed by atoms with Crippen LogP contribution in [-0.2, 0) is 24.0 Å². The third-order valence-corrected chi connectivity index (χ3v) is 4.39. The van der Waals surface area contributed by atoms with Crippen molar-refractivity contribution in [3.63, 3.8) is 0 Å². The number of nitrogens with one attached hydrogen (secondary N) is 3. The molecule has 12 heteroatoms. The molecule has 0 saturated heterocycles. The number of aliphatic carboxylic acids is 2. The molecule has 0 fully saturated rings. The topological polar surface area (TPSA) is 208 Å². The quantitative estimate of drug-likeness (QED) is 0.164. The van der Waals surface area contributed by atoms with E-state index in [2.05, 4.69) is 16.0 Å². The third-order valence-electron chi connectivity index (χ3n) is 4.39. The first kappa shape index (κ1) is 28.3. The van der Waals surface area contributed by atoms with E-state index in [1.54, 1.807) is 13.8 Å². The van der Waals surface area contributed by atoms with Crippen LogP contribution in [0.15, 0.2) is 0 Å². The molecule has 0 aliphatic heterocycles. The van der Waals surface area contributed by atoms with Crippen molar-refractivity contribution < 1.29 is 39.3 Å². The van der Waals surface area contributed by atoms with E-state index >= 15 is 0 Å². The van der Waals surface area contributed by atoms with Crippen LogP contribution in [0.4, 0.5) is 0 Å². The molecule has 8 N–H and O–H groups in total. The summed E-state index contributed by atoms with van der Waals surface area (Å²) in [6.45, 7) is 6.10. The van der Waals surface area contributed by atoms with Crippen molar-refractivity contribution >= 4 is 29.7 Å². The second-order valence-electron chi connectivity index (χ2n) is 8.04. The normalized spacial score (nSPS) is 15.0. The highest BCUT2D eigenvalue weighted by molar-refractivity contribution is 5.94. The highest BCUT2D eigenvalue weighted by atomic mass is 16.4. The Kier molecular flexibility index (Phi) is 12.4. The van der Waals surface area contributed by atoms with Gasteiger partial charge in [-0.1, -0.05) is 27.7 Å². The molecule has 31 heavy (non-hydrogen) atoms. The van der Waals surface area contributed by atoms with Crippen LogP contribution in [0.1, 0.15) is 47.0 Å². The Hall–Kier alpha value is -2.73. The van der Waals surface area contributed by atoms with Crippen molar-refractivity contribution in [2.75, 3.05) is 6.61 Å². The van der Waals surface area contributed by atoms with Crippen molar-refractivity contribution in [1.82, 2.24) is 16.0 Å². The summed E-state index contributed by atoms with van der Waals surface area (Å²) in [6.07, 6.45) is -0.184. The SMILES string of the molecule is CC(C)CC(NC(=O)C(N)CCC(=O)O)C(=O)NC(C(=O)NC(CO)C(=O)O)C(C)C. The van der Waals surface area contributed by atoms with E-state index in [9.17, 15) is 24.0 Å². The molecule has 4 atom stereocenters. The number of carbonyl (C=O) groups is 5. The molecular formula is C19H34N4O8. The van der Waals surface area contributed by atoms with Gasteiger partial charge in [0.1, 0.15) is 18.1 Å². The number of aliphatic hydroxyl groups is 1. The molecule has 0 saturated carbocycles. The fraction of sp³-hybridized carbons (Fsp3) is 0.737. The summed E-state index contributed by atoms with van der Waals surface area (Å²) < 4.78 is 0. The van der Waals surface area contributed by atoms with Crippen LogP contribution in [0.25, 0.3) is 0 Å². The molecule has 0 radical (unpaired) electrons. The molecule has 3 amide bonds. The fourth-order valence-electron chi connectivity index (χ4n) is 2.63.